The average Bonchev–Trinajstić information content (AvgIpc) is 3.04. The van der Waals surface area contributed by atoms with Crippen molar-refractivity contribution in [2.24, 2.45) is 5.92 Å². The third-order valence-electron chi connectivity index (χ3n) is 4.70. The highest BCUT2D eigenvalue weighted by Gasteiger charge is 2.48. The Bertz CT molecular complexity index is 825. The third kappa shape index (κ3) is 2.99. The minimum atomic E-state index is -1.35. The third-order valence-corrected chi connectivity index (χ3v) is 5.31. The molecule has 1 aromatic carbocycles. The van der Waals surface area contributed by atoms with Crippen LogP contribution in [0.3, 0.4) is 0 Å². The van der Waals surface area contributed by atoms with E-state index in [9.17, 15) is 19.8 Å². The molecule has 0 bridgehead atoms. The summed E-state index contributed by atoms with van der Waals surface area (Å²) >= 11 is 11.4. The summed E-state index contributed by atoms with van der Waals surface area (Å²) in [5.74, 6) is -1.08. The van der Waals surface area contributed by atoms with E-state index in [1.165, 1.54) is 7.11 Å². The topological polar surface area (TPSA) is 99.1 Å². The van der Waals surface area contributed by atoms with E-state index >= 15 is 0 Å². The smallest absolute Gasteiger partial charge is 0.414 e. The first kappa shape index (κ1) is 18.5. The standard InChI is InChI=1S/C17H17ClN2O5S/c1-25-14-9(18)5-3-6-10(14)19-15(26)12-13(21)8-4-2-7-11(8)20(16(12)22)17(23)24/h3,5-6,8,11,21H,2,4,7H2,1H3,(H,19,26)(H,23,24)/t8-,11+/m0/s1. The number of ether oxygens (including phenoxy) is 1. The Kier molecular flexibility index (Phi) is 5.06. The molecule has 26 heavy (non-hydrogen) atoms. The number of nitrogens with one attached hydrogen (secondary N) is 1. The van der Waals surface area contributed by atoms with E-state index in [4.69, 9.17) is 28.6 Å². The summed E-state index contributed by atoms with van der Waals surface area (Å²) in [6, 6.07) is 4.40. The lowest BCUT2D eigenvalue weighted by Crippen LogP contribution is -2.52. The number of rotatable bonds is 3. The summed E-state index contributed by atoms with van der Waals surface area (Å²) in [4.78, 5) is 25.0. The van der Waals surface area contributed by atoms with Crippen molar-refractivity contribution in [1.29, 1.82) is 0 Å². The molecule has 2 atom stereocenters. The molecule has 1 saturated carbocycles. The molecule has 7 nitrogen and oxygen atoms in total. The maximum atomic E-state index is 12.7. The number of carbonyl (C=O) groups is 2. The Morgan fingerprint density at radius 2 is 2.15 bits per heavy atom. The van der Waals surface area contributed by atoms with Gasteiger partial charge in [0.2, 0.25) is 0 Å². The molecule has 0 spiro atoms. The summed E-state index contributed by atoms with van der Waals surface area (Å²) in [6.07, 6.45) is 0.509. The molecule has 0 saturated heterocycles. The van der Waals surface area contributed by atoms with Crippen LogP contribution in [0.5, 0.6) is 5.75 Å². The first-order chi connectivity index (χ1) is 12.4. The Morgan fingerprint density at radius 3 is 2.81 bits per heavy atom. The number of fused-ring (bicyclic) bond motifs is 1. The number of carbonyl (C=O) groups excluding carboxylic acids is 1. The molecule has 3 N–H and O–H groups in total. The molecular weight excluding hydrogens is 380 g/mol. The van der Waals surface area contributed by atoms with Gasteiger partial charge < -0.3 is 20.3 Å². The normalized spacial score (nSPS) is 22.2. The maximum absolute atomic E-state index is 12.7. The molecule has 9 heteroatoms. The van der Waals surface area contributed by atoms with Gasteiger partial charge in [-0.05, 0) is 25.0 Å². The molecular formula is C17H17ClN2O5S. The van der Waals surface area contributed by atoms with Crippen LogP contribution in [-0.4, -0.2) is 45.3 Å². The molecule has 1 heterocycles. The van der Waals surface area contributed by atoms with E-state index in [0.717, 1.165) is 11.3 Å². The number of anilines is 1. The number of aliphatic hydroxyl groups is 1. The lowest BCUT2D eigenvalue weighted by molar-refractivity contribution is -0.128. The summed E-state index contributed by atoms with van der Waals surface area (Å²) in [5, 5.41) is 23.2. The number of methoxy groups -OCH3 is 1. The Balaban J connectivity index is 1.98. The van der Waals surface area contributed by atoms with E-state index in [-0.39, 0.29) is 16.3 Å². The highest BCUT2D eigenvalue weighted by atomic mass is 35.5. The van der Waals surface area contributed by atoms with Gasteiger partial charge in [0.1, 0.15) is 16.3 Å². The predicted octanol–water partition coefficient (Wildman–Crippen LogP) is 3.59. The van der Waals surface area contributed by atoms with Crippen LogP contribution in [0.4, 0.5) is 10.5 Å². The van der Waals surface area contributed by atoms with E-state index in [1.54, 1.807) is 18.2 Å². The molecule has 0 aromatic heterocycles. The van der Waals surface area contributed by atoms with Crippen molar-refractivity contribution >= 4 is 46.5 Å². The fourth-order valence-electron chi connectivity index (χ4n) is 3.58. The zero-order valence-electron chi connectivity index (χ0n) is 13.9. The monoisotopic (exact) mass is 396 g/mol. The van der Waals surface area contributed by atoms with Gasteiger partial charge in [0.05, 0.1) is 23.9 Å². The molecule has 1 aliphatic carbocycles. The minimum Gasteiger partial charge on any atom is -0.511 e. The number of carboxylic acid groups (broad SMARTS) is 1. The van der Waals surface area contributed by atoms with Crippen LogP contribution >= 0.6 is 23.8 Å². The summed E-state index contributed by atoms with van der Waals surface area (Å²) in [7, 11) is 1.44. The highest BCUT2D eigenvalue weighted by Crippen LogP contribution is 2.40. The Labute approximate surface area is 160 Å². The van der Waals surface area contributed by atoms with Gasteiger partial charge in [0.25, 0.3) is 5.91 Å². The largest absolute Gasteiger partial charge is 0.511 e. The van der Waals surface area contributed by atoms with Gasteiger partial charge in [-0.3, -0.25) is 4.79 Å². The molecule has 3 rings (SSSR count). The van der Waals surface area contributed by atoms with Crippen LogP contribution in [0.25, 0.3) is 0 Å². The van der Waals surface area contributed by atoms with Crippen LogP contribution in [0, 0.1) is 5.92 Å². The van der Waals surface area contributed by atoms with Crippen LogP contribution in [0.15, 0.2) is 29.5 Å². The minimum absolute atomic E-state index is 0.0790. The first-order valence-corrected chi connectivity index (χ1v) is 8.79. The van der Waals surface area contributed by atoms with Crippen molar-refractivity contribution in [2.75, 3.05) is 12.4 Å². The van der Waals surface area contributed by atoms with E-state index in [0.29, 0.717) is 29.3 Å². The number of aliphatic hydroxyl groups excluding tert-OH is 1. The van der Waals surface area contributed by atoms with Gasteiger partial charge in [-0.25, -0.2) is 9.69 Å². The number of halogens is 1. The summed E-state index contributed by atoms with van der Waals surface area (Å²) in [5.41, 5.74) is 0.209. The summed E-state index contributed by atoms with van der Waals surface area (Å²) in [6.45, 7) is 0. The lowest BCUT2D eigenvalue weighted by Gasteiger charge is -2.35. The predicted molar refractivity (Wildman–Crippen MR) is 99.9 cm³/mol. The van der Waals surface area contributed by atoms with Gasteiger partial charge >= 0.3 is 6.09 Å². The number of hydrogen-bond acceptors (Lipinski definition) is 5. The fraction of sp³-hybridized carbons (Fsp3) is 0.353. The zero-order chi connectivity index (χ0) is 19.0. The first-order valence-electron chi connectivity index (χ1n) is 8.00. The molecule has 138 valence electrons. The quantitative estimate of drug-likeness (QED) is 0.671. The SMILES string of the molecule is COc1c(Cl)cccc1NC(=S)C1=C(O)[C@H]2CCC[C@H]2N(C(=O)O)C1=O. The van der Waals surface area contributed by atoms with Gasteiger partial charge in [0.15, 0.2) is 5.75 Å². The number of imide groups is 1. The Hall–Kier alpha value is -2.32. The number of nitrogens with zero attached hydrogens (tertiary/aromatic N) is 1. The van der Waals surface area contributed by atoms with Gasteiger partial charge in [-0.2, -0.15) is 0 Å². The number of thiocarbonyl (C=S) groups is 1. The van der Waals surface area contributed by atoms with Crippen LogP contribution < -0.4 is 10.1 Å². The highest BCUT2D eigenvalue weighted by molar-refractivity contribution is 7.81. The van der Waals surface area contributed by atoms with Gasteiger partial charge in [-0.15, -0.1) is 0 Å². The van der Waals surface area contributed by atoms with Crippen molar-refractivity contribution in [3.8, 4) is 5.75 Å². The number of benzene rings is 1. The van der Waals surface area contributed by atoms with Crippen molar-refractivity contribution < 1.29 is 24.5 Å². The molecule has 1 aliphatic heterocycles. The average molecular weight is 397 g/mol. The number of hydrogen-bond donors (Lipinski definition) is 3. The van der Waals surface area contributed by atoms with Crippen molar-refractivity contribution in [3.05, 3.63) is 34.6 Å². The molecule has 1 aromatic rings. The van der Waals surface area contributed by atoms with Crippen LogP contribution in [-0.2, 0) is 4.79 Å². The van der Waals surface area contributed by atoms with Gasteiger partial charge in [0, 0.05) is 5.92 Å². The lowest BCUT2D eigenvalue weighted by atomic mass is 9.91. The fourth-order valence-corrected chi connectivity index (χ4v) is 4.13. The molecule has 2 amide bonds. The van der Waals surface area contributed by atoms with E-state index in [1.807, 2.05) is 0 Å². The van der Waals surface area contributed by atoms with E-state index in [2.05, 4.69) is 5.32 Å². The maximum Gasteiger partial charge on any atom is 0.414 e. The van der Waals surface area contributed by atoms with Crippen LogP contribution in [0.1, 0.15) is 19.3 Å². The second-order valence-electron chi connectivity index (χ2n) is 6.10. The number of amides is 2. The number of para-hydroxylation sites is 1. The van der Waals surface area contributed by atoms with Crippen molar-refractivity contribution in [1.82, 2.24) is 4.90 Å². The van der Waals surface area contributed by atoms with Gasteiger partial charge in [-0.1, -0.05) is 36.3 Å². The van der Waals surface area contributed by atoms with Crippen molar-refractivity contribution in [2.45, 2.75) is 25.3 Å². The molecule has 0 unspecified atom stereocenters. The zero-order valence-corrected chi connectivity index (χ0v) is 15.4. The molecule has 1 fully saturated rings. The summed E-state index contributed by atoms with van der Waals surface area (Å²) < 4.78 is 5.22. The molecule has 2 aliphatic rings. The van der Waals surface area contributed by atoms with Crippen molar-refractivity contribution in [3.63, 3.8) is 0 Å². The Morgan fingerprint density at radius 1 is 1.42 bits per heavy atom. The second-order valence-corrected chi connectivity index (χ2v) is 6.91. The van der Waals surface area contributed by atoms with E-state index < -0.39 is 24.0 Å². The molecule has 0 radical (unpaired) electrons. The second kappa shape index (κ2) is 7.13. The van der Waals surface area contributed by atoms with Crippen LogP contribution in [0.2, 0.25) is 5.02 Å².